The summed E-state index contributed by atoms with van der Waals surface area (Å²) >= 11 is 23.6. The minimum absolute atomic E-state index is 0.125. The van der Waals surface area contributed by atoms with Crippen LogP contribution in [0, 0.1) is 12.5 Å². The van der Waals surface area contributed by atoms with Crippen LogP contribution in [0.1, 0.15) is 5.56 Å². The zero-order chi connectivity index (χ0) is 20.4. The third-order valence-corrected chi connectivity index (χ3v) is 4.31. The molecule has 0 amide bonds. The molecule has 0 spiro atoms. The zero-order valence-corrected chi connectivity index (χ0v) is 17.6. The predicted octanol–water partition coefficient (Wildman–Crippen LogP) is 6.26. The number of halogens is 4. The zero-order valence-electron chi connectivity index (χ0n) is 14.6. The maximum Gasteiger partial charge on any atom is 0.143 e. The molecule has 0 unspecified atom stereocenters. The summed E-state index contributed by atoms with van der Waals surface area (Å²) in [5, 5.41) is 0.868. The lowest BCUT2D eigenvalue weighted by Gasteiger charge is -2.12. The fourth-order valence-electron chi connectivity index (χ4n) is 2.09. The normalized spacial score (nSPS) is 10.1. The second kappa shape index (κ2) is 12.0. The van der Waals surface area contributed by atoms with Crippen molar-refractivity contribution in [2.75, 3.05) is 19.8 Å². The molecule has 0 saturated heterocycles. The van der Waals surface area contributed by atoms with Gasteiger partial charge in [0.1, 0.15) is 41.1 Å². The van der Waals surface area contributed by atoms with Crippen molar-refractivity contribution in [3.63, 3.8) is 0 Å². The fourth-order valence-corrected chi connectivity index (χ4v) is 2.79. The topological polar surface area (TPSA) is 36.9 Å². The third kappa shape index (κ3) is 7.71. The number of hydrogen-bond acceptors (Lipinski definition) is 4. The molecule has 0 fully saturated rings. The molecule has 148 valence electrons. The molecule has 0 aliphatic rings. The van der Waals surface area contributed by atoms with Crippen LogP contribution in [0.4, 0.5) is 0 Å². The van der Waals surface area contributed by atoms with Gasteiger partial charge < -0.3 is 18.9 Å². The first-order valence-corrected chi connectivity index (χ1v) is 9.55. The van der Waals surface area contributed by atoms with Crippen molar-refractivity contribution in [2.45, 2.75) is 6.61 Å². The van der Waals surface area contributed by atoms with E-state index in [1.807, 2.05) is 0 Å². The first-order valence-electron chi connectivity index (χ1n) is 8.04. The average Bonchev–Trinajstić information content (AvgIpc) is 2.64. The molecule has 0 aliphatic heterocycles. The summed E-state index contributed by atoms with van der Waals surface area (Å²) in [5.41, 5.74) is 0.658. The van der Waals surface area contributed by atoms with E-state index in [1.54, 1.807) is 36.4 Å². The Kier molecular flexibility index (Phi) is 9.63. The summed E-state index contributed by atoms with van der Waals surface area (Å²) in [6, 6.07) is 10.3. The van der Waals surface area contributed by atoms with Crippen LogP contribution in [0.5, 0.6) is 17.2 Å². The van der Waals surface area contributed by atoms with Gasteiger partial charge in [-0.15, -0.1) is 0 Å². The van der Waals surface area contributed by atoms with Crippen LogP contribution in [0.15, 0.2) is 47.0 Å². The molecule has 0 aromatic heterocycles. The van der Waals surface area contributed by atoms with Crippen molar-refractivity contribution >= 4 is 46.4 Å². The summed E-state index contributed by atoms with van der Waals surface area (Å²) in [5.74, 6) is 1.66. The van der Waals surface area contributed by atoms with Gasteiger partial charge in [-0.25, -0.2) is 0 Å². The largest absolute Gasteiger partial charge is 0.491 e. The Bertz CT molecular complexity index is 835. The molecule has 8 heteroatoms. The monoisotopic (exact) mass is 460 g/mol. The van der Waals surface area contributed by atoms with Gasteiger partial charge in [0.05, 0.1) is 23.3 Å². The molecule has 0 aliphatic carbocycles. The second-order valence-electron chi connectivity index (χ2n) is 5.27. The highest BCUT2D eigenvalue weighted by atomic mass is 35.5. The molecule has 0 N–H and O–H groups in total. The van der Waals surface area contributed by atoms with Gasteiger partial charge in [-0.1, -0.05) is 58.9 Å². The van der Waals surface area contributed by atoms with Gasteiger partial charge >= 0.3 is 0 Å². The van der Waals surface area contributed by atoms with Gasteiger partial charge in [0.2, 0.25) is 0 Å². The SMILES string of the molecule is C#COc1cccc(OCCOCc2c(Cl)cc(OCC=C(Cl)Cl)cc2Cl)c1. The number of hydrogen-bond donors (Lipinski definition) is 0. The Labute approximate surface area is 183 Å². The molecule has 28 heavy (non-hydrogen) atoms. The molecule has 0 saturated carbocycles. The Morgan fingerprint density at radius 2 is 1.68 bits per heavy atom. The van der Waals surface area contributed by atoms with Crippen LogP contribution in [0.25, 0.3) is 0 Å². The lowest BCUT2D eigenvalue weighted by atomic mass is 10.2. The van der Waals surface area contributed by atoms with Gasteiger partial charge in [-0.3, -0.25) is 0 Å². The van der Waals surface area contributed by atoms with Crippen LogP contribution < -0.4 is 14.2 Å². The third-order valence-electron chi connectivity index (χ3n) is 3.33. The molecule has 0 heterocycles. The lowest BCUT2D eigenvalue weighted by Crippen LogP contribution is -2.07. The predicted molar refractivity (Wildman–Crippen MR) is 113 cm³/mol. The second-order valence-corrected chi connectivity index (χ2v) is 7.09. The highest BCUT2D eigenvalue weighted by molar-refractivity contribution is 6.55. The first kappa shape index (κ1) is 22.5. The van der Waals surface area contributed by atoms with E-state index in [4.69, 9.17) is 71.8 Å². The lowest BCUT2D eigenvalue weighted by molar-refractivity contribution is 0.0889. The van der Waals surface area contributed by atoms with E-state index in [0.29, 0.717) is 46.1 Å². The van der Waals surface area contributed by atoms with Crippen LogP contribution in [-0.2, 0) is 11.3 Å². The Morgan fingerprint density at radius 3 is 2.36 bits per heavy atom. The van der Waals surface area contributed by atoms with Crippen molar-refractivity contribution in [2.24, 2.45) is 0 Å². The molecular weight excluding hydrogens is 446 g/mol. The Balaban J connectivity index is 1.80. The van der Waals surface area contributed by atoms with E-state index in [9.17, 15) is 0 Å². The first-order chi connectivity index (χ1) is 13.5. The fraction of sp³-hybridized carbons (Fsp3) is 0.200. The summed E-state index contributed by atoms with van der Waals surface area (Å²) in [6.45, 7) is 1.11. The van der Waals surface area contributed by atoms with E-state index < -0.39 is 0 Å². The highest BCUT2D eigenvalue weighted by Crippen LogP contribution is 2.31. The standard InChI is InChI=1S/C20H16Cl4O4/c1-2-26-14-4-3-5-15(10-14)28-9-8-25-13-17-18(21)11-16(12-19(17)22)27-7-6-20(23)24/h1,3-6,10-12H,7-9,13H2. The Hall–Kier alpha value is -1.74. The van der Waals surface area contributed by atoms with Crippen LogP contribution >= 0.6 is 46.4 Å². The van der Waals surface area contributed by atoms with E-state index in [1.165, 1.54) is 6.08 Å². The van der Waals surface area contributed by atoms with Gasteiger partial charge in [0.15, 0.2) is 0 Å². The van der Waals surface area contributed by atoms with Gasteiger partial charge in [-0.2, -0.15) is 0 Å². The van der Waals surface area contributed by atoms with Gasteiger partial charge in [0, 0.05) is 11.6 Å². The molecule has 2 aromatic rings. The number of benzene rings is 2. The summed E-state index contributed by atoms with van der Waals surface area (Å²) in [4.78, 5) is 0. The molecule has 2 rings (SSSR count). The molecule has 4 nitrogen and oxygen atoms in total. The smallest absolute Gasteiger partial charge is 0.143 e. The summed E-state index contributed by atoms with van der Waals surface area (Å²) in [6.07, 6.45) is 8.72. The van der Waals surface area contributed by atoms with Gasteiger partial charge in [0.25, 0.3) is 0 Å². The molecule has 0 radical (unpaired) electrons. The van der Waals surface area contributed by atoms with E-state index >= 15 is 0 Å². The molecular formula is C20H16Cl4O4. The minimum atomic E-state index is 0.125. The van der Waals surface area contributed by atoms with E-state index in [2.05, 4.69) is 6.11 Å². The average molecular weight is 462 g/mol. The number of ether oxygens (including phenoxy) is 4. The van der Waals surface area contributed by atoms with E-state index in [0.717, 1.165) is 0 Å². The van der Waals surface area contributed by atoms with Crippen LogP contribution in [-0.4, -0.2) is 19.8 Å². The molecule has 0 bridgehead atoms. The van der Waals surface area contributed by atoms with E-state index in [-0.39, 0.29) is 17.7 Å². The maximum atomic E-state index is 6.26. The maximum absolute atomic E-state index is 6.26. The van der Waals surface area contributed by atoms with Crippen LogP contribution in [0.2, 0.25) is 10.0 Å². The highest BCUT2D eigenvalue weighted by Gasteiger charge is 2.09. The van der Waals surface area contributed by atoms with Crippen LogP contribution in [0.3, 0.4) is 0 Å². The number of terminal acetylenes is 1. The van der Waals surface area contributed by atoms with Crippen molar-refractivity contribution in [3.8, 4) is 29.8 Å². The van der Waals surface area contributed by atoms with Gasteiger partial charge in [-0.05, 0) is 30.3 Å². The van der Waals surface area contributed by atoms with Crippen molar-refractivity contribution in [1.82, 2.24) is 0 Å². The minimum Gasteiger partial charge on any atom is -0.491 e. The molecule has 2 aromatic carbocycles. The Morgan fingerprint density at radius 1 is 0.964 bits per heavy atom. The van der Waals surface area contributed by atoms with Crippen molar-refractivity contribution in [1.29, 1.82) is 0 Å². The van der Waals surface area contributed by atoms with Crippen molar-refractivity contribution in [3.05, 3.63) is 62.6 Å². The summed E-state index contributed by atoms with van der Waals surface area (Å²) in [7, 11) is 0. The quantitative estimate of drug-likeness (QED) is 0.309. The molecule has 0 atom stereocenters. The summed E-state index contributed by atoms with van der Waals surface area (Å²) < 4.78 is 21.7. The number of rotatable bonds is 10. The van der Waals surface area contributed by atoms with Crippen molar-refractivity contribution < 1.29 is 18.9 Å².